The summed E-state index contributed by atoms with van der Waals surface area (Å²) < 4.78 is 7.57. The van der Waals surface area contributed by atoms with Crippen molar-refractivity contribution in [3.63, 3.8) is 0 Å². The topological polar surface area (TPSA) is 67.6 Å². The van der Waals surface area contributed by atoms with Crippen molar-refractivity contribution in [2.24, 2.45) is 0 Å². The number of amides is 1. The summed E-state index contributed by atoms with van der Waals surface area (Å²) in [5, 5.41) is 14.4. The summed E-state index contributed by atoms with van der Waals surface area (Å²) in [4.78, 5) is 13.5. The van der Waals surface area contributed by atoms with Crippen LogP contribution in [0.25, 0.3) is 0 Å². The molecule has 1 aliphatic heterocycles. The number of aryl methyl sites for hydroxylation is 1. The second-order valence-electron chi connectivity index (χ2n) is 7.18. The Kier molecular flexibility index (Phi) is 5.52. The van der Waals surface area contributed by atoms with E-state index in [9.17, 15) is 9.90 Å². The Balaban J connectivity index is 1.76. The molecule has 0 saturated carbocycles. The highest BCUT2D eigenvalue weighted by Gasteiger charge is 2.35. The zero-order valence-electron chi connectivity index (χ0n) is 14.6. The van der Waals surface area contributed by atoms with Gasteiger partial charge in [0.25, 0.3) is 0 Å². The van der Waals surface area contributed by atoms with Gasteiger partial charge in [0.2, 0.25) is 5.91 Å². The van der Waals surface area contributed by atoms with Gasteiger partial charge in [0.05, 0.1) is 11.2 Å². The Morgan fingerprint density at radius 1 is 1.35 bits per heavy atom. The van der Waals surface area contributed by atoms with Gasteiger partial charge in [-0.15, -0.1) is 0 Å². The van der Waals surface area contributed by atoms with Gasteiger partial charge >= 0.3 is 7.48 Å². The number of hydrogen-bond acceptors (Lipinski definition) is 4. The summed E-state index contributed by atoms with van der Waals surface area (Å²) >= 11 is 0. The van der Waals surface area contributed by atoms with E-state index >= 15 is 0 Å². The van der Waals surface area contributed by atoms with Crippen LogP contribution in [0.15, 0.2) is 12.4 Å². The van der Waals surface area contributed by atoms with Crippen LogP contribution < -0.4 is 5.46 Å². The minimum atomic E-state index is -0.943. The van der Waals surface area contributed by atoms with Crippen LogP contribution in [-0.4, -0.2) is 57.5 Å². The van der Waals surface area contributed by atoms with Gasteiger partial charge in [-0.3, -0.25) is 9.48 Å². The normalized spacial score (nSPS) is 16.2. The van der Waals surface area contributed by atoms with Crippen molar-refractivity contribution in [1.29, 1.82) is 0 Å². The van der Waals surface area contributed by atoms with E-state index in [-0.39, 0.29) is 5.91 Å². The Hall–Kier alpha value is -1.34. The lowest BCUT2D eigenvalue weighted by molar-refractivity contribution is -0.127. The van der Waals surface area contributed by atoms with E-state index < -0.39 is 11.2 Å². The van der Waals surface area contributed by atoms with Gasteiger partial charge < -0.3 is 14.7 Å². The van der Waals surface area contributed by atoms with E-state index in [0.29, 0.717) is 6.42 Å². The molecule has 2 heterocycles. The van der Waals surface area contributed by atoms with E-state index in [0.717, 1.165) is 37.9 Å². The van der Waals surface area contributed by atoms with E-state index in [1.165, 1.54) is 0 Å². The van der Waals surface area contributed by atoms with Crippen LogP contribution >= 0.6 is 0 Å². The molecule has 2 rings (SSSR count). The zero-order valence-corrected chi connectivity index (χ0v) is 14.6. The highest BCUT2D eigenvalue weighted by molar-refractivity contribution is 6.46. The molecule has 1 N–H and O–H groups in total. The first kappa shape index (κ1) is 18.0. The van der Waals surface area contributed by atoms with Gasteiger partial charge in [-0.05, 0) is 46.0 Å². The molecule has 23 heavy (non-hydrogen) atoms. The molecule has 1 aliphatic rings. The fraction of sp³-hybridized carbons (Fsp3) is 0.750. The summed E-state index contributed by atoms with van der Waals surface area (Å²) in [6, 6.07) is 0. The lowest BCUT2D eigenvalue weighted by atomic mass is 9.84. The maximum absolute atomic E-state index is 11.5. The third kappa shape index (κ3) is 4.82. The van der Waals surface area contributed by atoms with Crippen molar-refractivity contribution in [3.8, 4) is 0 Å². The quantitative estimate of drug-likeness (QED) is 0.716. The van der Waals surface area contributed by atoms with Crippen molar-refractivity contribution in [2.75, 3.05) is 13.1 Å². The molecule has 0 aromatic carbocycles. The summed E-state index contributed by atoms with van der Waals surface area (Å²) in [5.74, 6) is 0.265. The fourth-order valence-corrected chi connectivity index (χ4v) is 2.29. The van der Waals surface area contributed by atoms with Crippen molar-refractivity contribution >= 4 is 18.9 Å². The first-order valence-electron chi connectivity index (χ1n) is 8.23. The largest absolute Gasteiger partial charge is 0.427 e. The Morgan fingerprint density at radius 3 is 2.70 bits per heavy atom. The zero-order chi connectivity index (χ0) is 17.1. The van der Waals surface area contributed by atoms with Gasteiger partial charge in [0.15, 0.2) is 0 Å². The van der Waals surface area contributed by atoms with E-state index in [2.05, 4.69) is 5.10 Å². The second-order valence-corrected chi connectivity index (χ2v) is 7.18. The molecule has 0 spiro atoms. The van der Waals surface area contributed by atoms with Crippen LogP contribution in [0.2, 0.25) is 0 Å². The first-order valence-corrected chi connectivity index (χ1v) is 8.23. The van der Waals surface area contributed by atoms with Gasteiger partial charge in [0.1, 0.15) is 0 Å². The third-order valence-corrected chi connectivity index (χ3v) is 4.60. The SMILES string of the molecule is CC(C)(O)C(C)(C)O[B]c1cnn(CCCN2CCCC2=O)c1. The molecule has 6 nitrogen and oxygen atoms in total. The third-order valence-electron chi connectivity index (χ3n) is 4.60. The molecule has 7 heteroatoms. The van der Waals surface area contributed by atoms with E-state index in [4.69, 9.17) is 4.65 Å². The van der Waals surface area contributed by atoms with Crippen LogP contribution in [0.1, 0.15) is 47.0 Å². The molecule has 0 unspecified atom stereocenters. The van der Waals surface area contributed by atoms with Crippen molar-refractivity contribution in [1.82, 2.24) is 14.7 Å². The maximum Gasteiger partial charge on any atom is 0.334 e. The van der Waals surface area contributed by atoms with Gasteiger partial charge in [-0.2, -0.15) is 5.10 Å². The van der Waals surface area contributed by atoms with Crippen LogP contribution in [0.4, 0.5) is 0 Å². The minimum absolute atomic E-state index is 0.265. The molecular weight excluding hydrogens is 293 g/mol. The first-order chi connectivity index (χ1) is 10.7. The smallest absolute Gasteiger partial charge is 0.334 e. The summed E-state index contributed by atoms with van der Waals surface area (Å²) in [7, 11) is 1.63. The van der Waals surface area contributed by atoms with E-state index in [1.807, 2.05) is 29.6 Å². The second kappa shape index (κ2) is 7.05. The molecule has 1 fully saturated rings. The molecule has 0 atom stereocenters. The van der Waals surface area contributed by atoms with E-state index in [1.54, 1.807) is 27.5 Å². The van der Waals surface area contributed by atoms with Crippen LogP contribution in [0, 0.1) is 0 Å². The lowest BCUT2D eigenvalue weighted by Gasteiger charge is -2.37. The molecule has 127 valence electrons. The van der Waals surface area contributed by atoms with Gasteiger partial charge in [-0.25, -0.2) is 0 Å². The fourth-order valence-electron chi connectivity index (χ4n) is 2.29. The Morgan fingerprint density at radius 2 is 2.09 bits per heavy atom. The number of carbonyl (C=O) groups excluding carboxylic acids is 1. The lowest BCUT2D eigenvalue weighted by Crippen LogP contribution is -2.49. The Labute approximate surface area is 139 Å². The number of hydrogen-bond donors (Lipinski definition) is 1. The summed E-state index contributed by atoms with van der Waals surface area (Å²) in [5.41, 5.74) is -0.771. The number of rotatable bonds is 8. The summed E-state index contributed by atoms with van der Waals surface area (Å²) in [6.45, 7) is 9.60. The number of aliphatic hydroxyl groups is 1. The predicted molar refractivity (Wildman–Crippen MR) is 89.5 cm³/mol. The highest BCUT2D eigenvalue weighted by atomic mass is 16.5. The molecule has 1 amide bonds. The monoisotopic (exact) mass is 320 g/mol. The van der Waals surface area contributed by atoms with Crippen molar-refractivity contribution in [2.45, 2.75) is 64.7 Å². The Bertz CT molecular complexity index is 537. The number of nitrogens with zero attached hydrogens (tertiary/aromatic N) is 3. The number of aromatic nitrogens is 2. The predicted octanol–water partition coefficient (Wildman–Crippen LogP) is 0.706. The molecule has 1 saturated heterocycles. The van der Waals surface area contributed by atoms with Crippen molar-refractivity contribution < 1.29 is 14.6 Å². The minimum Gasteiger partial charge on any atom is -0.427 e. The molecule has 1 aromatic heterocycles. The molecule has 0 aliphatic carbocycles. The van der Waals surface area contributed by atoms with Gasteiger partial charge in [0, 0.05) is 38.4 Å². The van der Waals surface area contributed by atoms with Crippen molar-refractivity contribution in [3.05, 3.63) is 12.4 Å². The molecular formula is C16H27BN3O3. The molecule has 1 aromatic rings. The highest BCUT2D eigenvalue weighted by Crippen LogP contribution is 2.24. The van der Waals surface area contributed by atoms with Gasteiger partial charge in [-0.1, -0.05) is 0 Å². The standard InChI is InChI=1S/C16H27BN3O3/c1-15(2,22)16(3,4)23-17-13-11-18-20(12-13)10-6-9-19-8-5-7-14(19)21/h11-12,22H,5-10H2,1-4H3. The summed E-state index contributed by atoms with van der Waals surface area (Å²) in [6.07, 6.45) is 6.21. The number of likely N-dealkylation sites (tertiary alicyclic amines) is 1. The van der Waals surface area contributed by atoms with Crippen LogP contribution in [0.5, 0.6) is 0 Å². The molecule has 1 radical (unpaired) electrons. The molecule has 0 bridgehead atoms. The average molecular weight is 320 g/mol. The average Bonchev–Trinajstić information content (AvgIpc) is 3.05. The van der Waals surface area contributed by atoms with Crippen LogP contribution in [0.3, 0.4) is 0 Å². The maximum atomic E-state index is 11.5. The van der Waals surface area contributed by atoms with Crippen LogP contribution in [-0.2, 0) is 16.0 Å². The number of carbonyl (C=O) groups is 1.